The fourth-order valence-electron chi connectivity index (χ4n) is 3.40. The number of hydrogen-bond acceptors (Lipinski definition) is 11. The number of esters is 1. The third-order valence-corrected chi connectivity index (χ3v) is 6.04. The van der Waals surface area contributed by atoms with E-state index in [0.29, 0.717) is 33.8 Å². The Bertz CT molecular complexity index is 1500. The Morgan fingerprint density at radius 1 is 0.795 bits per heavy atom. The number of aromatic nitrogens is 3. The molecule has 0 saturated heterocycles. The van der Waals surface area contributed by atoms with E-state index in [0.717, 1.165) is 11.4 Å². The highest BCUT2D eigenvalue weighted by molar-refractivity contribution is 7.12. The van der Waals surface area contributed by atoms with E-state index in [1.165, 1.54) is 18.4 Å². The maximum absolute atomic E-state index is 12.3. The number of benzene rings is 3. The van der Waals surface area contributed by atoms with Crippen molar-refractivity contribution >= 4 is 52.7 Å². The predicted molar refractivity (Wildman–Crippen MR) is 153 cm³/mol. The van der Waals surface area contributed by atoms with Gasteiger partial charge in [-0.15, -0.1) is 11.3 Å². The second-order valence-electron chi connectivity index (χ2n) is 7.94. The number of hydrazone groups is 1. The molecule has 5 rings (SSSR count). The number of methoxy groups -OCH3 is 1. The van der Waals surface area contributed by atoms with Gasteiger partial charge in [-0.05, 0) is 59.5 Å². The molecule has 0 amide bonds. The van der Waals surface area contributed by atoms with Crippen LogP contribution in [0.2, 0.25) is 0 Å². The van der Waals surface area contributed by atoms with Crippen LogP contribution in [0.15, 0.2) is 101 Å². The lowest BCUT2D eigenvalue weighted by atomic mass is 10.2. The lowest BCUT2D eigenvalue weighted by molar-refractivity contribution is 0.0735. The number of para-hydroxylation sites is 2. The van der Waals surface area contributed by atoms with E-state index >= 15 is 0 Å². The lowest BCUT2D eigenvalue weighted by Crippen LogP contribution is -2.08. The van der Waals surface area contributed by atoms with Gasteiger partial charge in [0.1, 0.15) is 4.88 Å². The van der Waals surface area contributed by atoms with E-state index in [2.05, 4.69) is 36.1 Å². The summed E-state index contributed by atoms with van der Waals surface area (Å²) in [6.07, 6.45) is 1.58. The molecule has 3 aromatic carbocycles. The summed E-state index contributed by atoms with van der Waals surface area (Å²) in [5, 5.41) is 12.4. The van der Waals surface area contributed by atoms with Crippen LogP contribution in [0.1, 0.15) is 15.2 Å². The molecule has 0 atom stereocenters. The van der Waals surface area contributed by atoms with E-state index in [1.807, 2.05) is 66.0 Å². The van der Waals surface area contributed by atoms with E-state index in [4.69, 9.17) is 9.47 Å². The number of carbonyl (C=O) groups excluding carboxylic acids is 1. The highest BCUT2D eigenvalue weighted by Gasteiger charge is 2.13. The van der Waals surface area contributed by atoms with E-state index in [-0.39, 0.29) is 5.95 Å². The molecule has 0 aliphatic rings. The van der Waals surface area contributed by atoms with Gasteiger partial charge in [-0.2, -0.15) is 20.1 Å². The van der Waals surface area contributed by atoms with Gasteiger partial charge in [0.15, 0.2) is 11.5 Å². The Hall–Kier alpha value is -5.29. The monoisotopic (exact) mass is 537 g/mol. The van der Waals surface area contributed by atoms with E-state index < -0.39 is 5.97 Å². The number of anilines is 5. The van der Waals surface area contributed by atoms with Crippen LogP contribution in [0, 0.1) is 0 Å². The molecule has 0 spiro atoms. The normalized spacial score (nSPS) is 10.7. The first-order valence-corrected chi connectivity index (χ1v) is 12.7. The Morgan fingerprint density at radius 2 is 1.44 bits per heavy atom. The van der Waals surface area contributed by atoms with Gasteiger partial charge in [0.25, 0.3) is 0 Å². The first kappa shape index (κ1) is 25.4. The Labute approximate surface area is 228 Å². The summed E-state index contributed by atoms with van der Waals surface area (Å²) < 4.78 is 10.9. The summed E-state index contributed by atoms with van der Waals surface area (Å²) in [6, 6.07) is 27.8. The Balaban J connectivity index is 1.32. The molecule has 0 bridgehead atoms. The minimum absolute atomic E-state index is 0.228. The lowest BCUT2D eigenvalue weighted by Gasteiger charge is -2.10. The van der Waals surface area contributed by atoms with Crippen LogP contribution >= 0.6 is 11.3 Å². The highest BCUT2D eigenvalue weighted by Crippen LogP contribution is 2.29. The molecule has 2 aromatic heterocycles. The van der Waals surface area contributed by atoms with Crippen LogP contribution in [0.4, 0.5) is 29.2 Å². The van der Waals surface area contributed by atoms with E-state index in [1.54, 1.807) is 36.5 Å². The fraction of sp³-hybridized carbons (Fsp3) is 0.0357. The van der Waals surface area contributed by atoms with Gasteiger partial charge >= 0.3 is 5.97 Å². The molecule has 39 heavy (non-hydrogen) atoms. The zero-order chi connectivity index (χ0) is 26.9. The molecule has 5 aromatic rings. The molecule has 3 N–H and O–H groups in total. The van der Waals surface area contributed by atoms with Gasteiger partial charge < -0.3 is 20.1 Å². The number of hydrogen-bond donors (Lipinski definition) is 3. The number of nitrogens with one attached hydrogen (secondary N) is 3. The summed E-state index contributed by atoms with van der Waals surface area (Å²) in [5.74, 6) is 1.17. The van der Waals surface area contributed by atoms with Crippen LogP contribution in [-0.4, -0.2) is 34.2 Å². The Kier molecular flexibility index (Phi) is 8.00. The van der Waals surface area contributed by atoms with Crippen LogP contribution < -0.4 is 25.5 Å². The van der Waals surface area contributed by atoms with Crippen molar-refractivity contribution < 1.29 is 14.3 Å². The summed E-state index contributed by atoms with van der Waals surface area (Å²) in [4.78, 5) is 26.1. The molecule has 0 unspecified atom stereocenters. The number of nitrogens with zero attached hydrogens (tertiary/aromatic N) is 4. The number of thiophene rings is 1. The molecule has 0 radical (unpaired) electrons. The number of carbonyl (C=O) groups is 1. The summed E-state index contributed by atoms with van der Waals surface area (Å²) >= 11 is 1.31. The molecule has 194 valence electrons. The third kappa shape index (κ3) is 6.93. The minimum Gasteiger partial charge on any atom is -0.493 e. The third-order valence-electron chi connectivity index (χ3n) is 5.19. The molecule has 10 nitrogen and oxygen atoms in total. The average molecular weight is 538 g/mol. The van der Waals surface area contributed by atoms with E-state index in [9.17, 15) is 4.79 Å². The largest absolute Gasteiger partial charge is 0.493 e. The predicted octanol–water partition coefficient (Wildman–Crippen LogP) is 6.09. The van der Waals surface area contributed by atoms with Crippen molar-refractivity contribution in [2.75, 3.05) is 23.2 Å². The maximum Gasteiger partial charge on any atom is 0.353 e. The minimum atomic E-state index is -0.443. The van der Waals surface area contributed by atoms with Crippen molar-refractivity contribution in [3.8, 4) is 11.5 Å². The van der Waals surface area contributed by atoms with Crippen molar-refractivity contribution in [2.45, 2.75) is 0 Å². The second kappa shape index (κ2) is 12.3. The number of rotatable bonds is 10. The van der Waals surface area contributed by atoms with Gasteiger partial charge in [0.05, 0.1) is 13.3 Å². The number of ether oxygens (including phenoxy) is 2. The van der Waals surface area contributed by atoms with Gasteiger partial charge in [0.2, 0.25) is 17.8 Å². The van der Waals surface area contributed by atoms with Crippen LogP contribution in [0.3, 0.4) is 0 Å². The molecule has 0 aliphatic heterocycles. The first-order valence-electron chi connectivity index (χ1n) is 11.8. The molecule has 11 heteroatoms. The van der Waals surface area contributed by atoms with Gasteiger partial charge in [0, 0.05) is 11.4 Å². The molecule has 2 heterocycles. The van der Waals surface area contributed by atoms with Crippen molar-refractivity contribution in [3.63, 3.8) is 0 Å². The maximum atomic E-state index is 12.3. The molecule has 0 aliphatic carbocycles. The molecular weight excluding hydrogens is 514 g/mol. The first-order chi connectivity index (χ1) is 19.2. The summed E-state index contributed by atoms with van der Waals surface area (Å²) in [7, 11) is 1.50. The molecule has 0 saturated carbocycles. The zero-order valence-electron chi connectivity index (χ0n) is 20.7. The van der Waals surface area contributed by atoms with Crippen LogP contribution in [0.5, 0.6) is 11.5 Å². The highest BCUT2D eigenvalue weighted by atomic mass is 32.1. The summed E-state index contributed by atoms with van der Waals surface area (Å²) in [6.45, 7) is 0. The fourth-order valence-corrected chi connectivity index (χ4v) is 4.00. The Morgan fingerprint density at radius 3 is 2.03 bits per heavy atom. The van der Waals surface area contributed by atoms with Crippen LogP contribution in [-0.2, 0) is 0 Å². The SMILES string of the molecule is COc1cc(C=NNc2nc(Nc3ccccc3)nc(Nc3ccccc3)n2)ccc1OC(=O)c1cccs1. The quantitative estimate of drug-likeness (QED) is 0.0840. The van der Waals surface area contributed by atoms with Gasteiger partial charge in [-0.3, -0.25) is 0 Å². The smallest absolute Gasteiger partial charge is 0.353 e. The second-order valence-corrected chi connectivity index (χ2v) is 8.88. The van der Waals surface area contributed by atoms with Crippen molar-refractivity contribution in [1.82, 2.24) is 15.0 Å². The standard InChI is InChI=1S/C28H23N7O3S/c1-37-23-17-19(14-15-22(23)38-25(36)24-13-8-16-39-24)18-29-35-28-33-26(30-20-9-4-2-5-10-20)32-27(34-28)31-21-11-6-3-7-12-21/h2-18H,1H3,(H3,30,31,32,33,34,35). The van der Waals surface area contributed by atoms with Gasteiger partial charge in [-0.25, -0.2) is 10.2 Å². The molecular formula is C28H23N7O3S. The molecule has 0 fully saturated rings. The average Bonchev–Trinajstić information content (AvgIpc) is 3.50. The van der Waals surface area contributed by atoms with Crippen molar-refractivity contribution in [2.24, 2.45) is 5.10 Å². The topological polar surface area (TPSA) is 123 Å². The van der Waals surface area contributed by atoms with Crippen molar-refractivity contribution in [3.05, 3.63) is 107 Å². The van der Waals surface area contributed by atoms with Gasteiger partial charge in [-0.1, -0.05) is 42.5 Å². The van der Waals surface area contributed by atoms with Crippen LogP contribution in [0.25, 0.3) is 0 Å². The summed E-state index contributed by atoms with van der Waals surface area (Å²) in [5.41, 5.74) is 5.21. The van der Waals surface area contributed by atoms with Crippen molar-refractivity contribution in [1.29, 1.82) is 0 Å². The zero-order valence-corrected chi connectivity index (χ0v) is 21.6.